The summed E-state index contributed by atoms with van der Waals surface area (Å²) in [6.07, 6.45) is 6.53. The maximum atomic E-state index is 4.73. The third-order valence-electron chi connectivity index (χ3n) is 4.46. The fourth-order valence-corrected chi connectivity index (χ4v) is 3.07. The molecule has 1 fully saturated rings. The van der Waals surface area contributed by atoms with Gasteiger partial charge in [0, 0.05) is 44.1 Å². The van der Waals surface area contributed by atoms with Crippen LogP contribution in [-0.2, 0) is 6.42 Å². The molecule has 2 rings (SSSR count). The van der Waals surface area contributed by atoms with Gasteiger partial charge in [0.05, 0.1) is 0 Å². The van der Waals surface area contributed by atoms with Gasteiger partial charge in [-0.15, -0.1) is 24.0 Å². The number of aliphatic imine (C=N–C) groups is 1. The van der Waals surface area contributed by atoms with Gasteiger partial charge in [0.25, 0.3) is 0 Å². The highest BCUT2D eigenvalue weighted by Crippen LogP contribution is 2.10. The quantitative estimate of drug-likeness (QED) is 0.374. The second-order valence-electron chi connectivity index (χ2n) is 6.58. The fourth-order valence-electron chi connectivity index (χ4n) is 3.07. The van der Waals surface area contributed by atoms with Gasteiger partial charge in [-0.25, -0.2) is 0 Å². The van der Waals surface area contributed by atoms with Gasteiger partial charge in [0.15, 0.2) is 5.96 Å². The molecule has 1 aliphatic rings. The van der Waals surface area contributed by atoms with Gasteiger partial charge < -0.3 is 15.5 Å². The van der Waals surface area contributed by atoms with Crippen molar-refractivity contribution in [1.82, 2.24) is 20.5 Å². The summed E-state index contributed by atoms with van der Waals surface area (Å²) in [5.74, 6) is 0.950. The zero-order chi connectivity index (χ0) is 17.2. The normalized spacial score (nSPS) is 16.4. The molecule has 25 heavy (non-hydrogen) atoms. The Morgan fingerprint density at radius 1 is 1.28 bits per heavy atom. The summed E-state index contributed by atoms with van der Waals surface area (Å²) in [7, 11) is 0. The Hall–Kier alpha value is -0.890. The minimum absolute atomic E-state index is 0. The van der Waals surface area contributed by atoms with E-state index in [1.54, 1.807) is 0 Å². The molecule has 0 unspecified atom stereocenters. The van der Waals surface area contributed by atoms with Gasteiger partial charge in [0.2, 0.25) is 0 Å². The number of rotatable bonds is 7. The topological polar surface area (TPSA) is 52.5 Å². The van der Waals surface area contributed by atoms with E-state index in [0.29, 0.717) is 6.04 Å². The number of nitrogens with one attached hydrogen (secondary N) is 2. The summed E-state index contributed by atoms with van der Waals surface area (Å²) < 4.78 is 0. The Kier molecular flexibility index (Phi) is 11.0. The number of guanidine groups is 1. The van der Waals surface area contributed by atoms with Crippen LogP contribution in [0.5, 0.6) is 0 Å². The lowest BCUT2D eigenvalue weighted by Crippen LogP contribution is -2.48. The number of pyridine rings is 1. The average molecular weight is 459 g/mol. The number of aryl methyl sites for hydroxylation is 1. The molecular weight excluding hydrogens is 425 g/mol. The lowest BCUT2D eigenvalue weighted by Gasteiger charge is -2.32. The molecule has 5 nitrogen and oxygen atoms in total. The Morgan fingerprint density at radius 2 is 2.04 bits per heavy atom. The van der Waals surface area contributed by atoms with E-state index in [2.05, 4.69) is 46.5 Å². The van der Waals surface area contributed by atoms with E-state index in [0.717, 1.165) is 31.2 Å². The minimum Gasteiger partial charge on any atom is -0.357 e. The highest BCUT2D eigenvalue weighted by atomic mass is 127. The van der Waals surface area contributed by atoms with Crippen LogP contribution in [0.3, 0.4) is 0 Å². The van der Waals surface area contributed by atoms with Crippen LogP contribution in [0.25, 0.3) is 0 Å². The first kappa shape index (κ1) is 22.2. The second-order valence-corrected chi connectivity index (χ2v) is 6.58. The second kappa shape index (κ2) is 12.5. The molecule has 142 valence electrons. The molecule has 1 saturated heterocycles. The Balaban J connectivity index is 0.00000312. The molecule has 1 aromatic heterocycles. The maximum absolute atomic E-state index is 4.73. The molecule has 1 aromatic rings. The van der Waals surface area contributed by atoms with Gasteiger partial charge in [-0.1, -0.05) is 13.0 Å². The van der Waals surface area contributed by atoms with Crippen molar-refractivity contribution in [3.8, 4) is 0 Å². The molecular formula is C19H34IN5. The monoisotopic (exact) mass is 459 g/mol. The molecule has 2 heterocycles. The number of halogens is 1. The van der Waals surface area contributed by atoms with E-state index in [4.69, 9.17) is 4.99 Å². The summed E-state index contributed by atoms with van der Waals surface area (Å²) in [6.45, 7) is 11.7. The summed E-state index contributed by atoms with van der Waals surface area (Å²) in [5.41, 5.74) is 2.31. The van der Waals surface area contributed by atoms with Crippen molar-refractivity contribution >= 4 is 29.9 Å². The molecule has 1 aliphatic heterocycles. The van der Waals surface area contributed by atoms with Crippen LogP contribution in [-0.4, -0.2) is 54.6 Å². The lowest BCUT2D eigenvalue weighted by molar-refractivity contribution is 0.206. The number of hydrogen-bond acceptors (Lipinski definition) is 3. The van der Waals surface area contributed by atoms with Crippen LogP contribution in [0.15, 0.2) is 23.3 Å². The number of likely N-dealkylation sites (tertiary alicyclic amines) is 1. The van der Waals surface area contributed by atoms with Crippen LogP contribution in [0.4, 0.5) is 0 Å². The molecule has 0 saturated carbocycles. The van der Waals surface area contributed by atoms with Gasteiger partial charge in [0.1, 0.15) is 0 Å². The van der Waals surface area contributed by atoms with Crippen LogP contribution < -0.4 is 10.6 Å². The zero-order valence-electron chi connectivity index (χ0n) is 15.9. The molecule has 0 radical (unpaired) electrons. The van der Waals surface area contributed by atoms with Crippen molar-refractivity contribution in [2.75, 3.05) is 32.7 Å². The average Bonchev–Trinajstić information content (AvgIpc) is 2.59. The zero-order valence-corrected chi connectivity index (χ0v) is 18.3. The van der Waals surface area contributed by atoms with Gasteiger partial charge in [-0.3, -0.25) is 9.98 Å². The Labute approximate surface area is 170 Å². The first-order chi connectivity index (χ1) is 11.7. The summed E-state index contributed by atoms with van der Waals surface area (Å²) in [5, 5.41) is 6.98. The van der Waals surface area contributed by atoms with Crippen molar-refractivity contribution < 1.29 is 0 Å². The van der Waals surface area contributed by atoms with Crippen LogP contribution >= 0.6 is 24.0 Å². The van der Waals surface area contributed by atoms with E-state index in [9.17, 15) is 0 Å². The highest BCUT2D eigenvalue weighted by Gasteiger charge is 2.19. The fraction of sp³-hybridized carbons (Fsp3) is 0.684. The summed E-state index contributed by atoms with van der Waals surface area (Å²) in [6, 6.07) is 4.74. The highest BCUT2D eigenvalue weighted by molar-refractivity contribution is 14.0. The van der Waals surface area contributed by atoms with E-state index < -0.39 is 0 Å². The van der Waals surface area contributed by atoms with Crippen molar-refractivity contribution in [2.45, 2.75) is 52.5 Å². The van der Waals surface area contributed by atoms with Gasteiger partial charge in [-0.2, -0.15) is 0 Å². The van der Waals surface area contributed by atoms with Crippen LogP contribution in [0.1, 0.15) is 44.4 Å². The summed E-state index contributed by atoms with van der Waals surface area (Å²) >= 11 is 0. The predicted molar refractivity (Wildman–Crippen MR) is 117 cm³/mol. The van der Waals surface area contributed by atoms with Crippen LogP contribution in [0, 0.1) is 6.92 Å². The SMILES string of the molecule is CCCN1CCC(NC(=NCCc2ccc(C)nc2)NCC)CC1.I. The number of aromatic nitrogens is 1. The smallest absolute Gasteiger partial charge is 0.191 e. The Morgan fingerprint density at radius 3 is 2.64 bits per heavy atom. The first-order valence-corrected chi connectivity index (χ1v) is 9.40. The number of piperidine rings is 1. The van der Waals surface area contributed by atoms with Crippen molar-refractivity contribution in [2.24, 2.45) is 4.99 Å². The van der Waals surface area contributed by atoms with Gasteiger partial charge in [-0.05, 0) is 57.7 Å². The van der Waals surface area contributed by atoms with Gasteiger partial charge >= 0.3 is 0 Å². The molecule has 0 aromatic carbocycles. The standard InChI is InChI=1S/C19H33N5.HI/c1-4-12-24-13-9-18(10-14-24)23-19(20-5-2)21-11-8-17-7-6-16(3)22-15-17;/h6-7,15,18H,4-5,8-14H2,1-3H3,(H2,20,21,23);1H. The third kappa shape index (κ3) is 8.35. The Bertz CT molecular complexity index is 495. The molecule has 6 heteroatoms. The molecule has 0 amide bonds. The van der Waals surface area contributed by atoms with Crippen molar-refractivity contribution in [3.63, 3.8) is 0 Å². The molecule has 0 bridgehead atoms. The molecule has 2 N–H and O–H groups in total. The molecule has 0 aliphatic carbocycles. The van der Waals surface area contributed by atoms with E-state index >= 15 is 0 Å². The first-order valence-electron chi connectivity index (χ1n) is 9.40. The minimum atomic E-state index is 0. The number of hydrogen-bond donors (Lipinski definition) is 2. The van der Waals surface area contributed by atoms with E-state index in [1.807, 2.05) is 13.1 Å². The van der Waals surface area contributed by atoms with Crippen molar-refractivity contribution in [3.05, 3.63) is 29.6 Å². The lowest BCUT2D eigenvalue weighted by atomic mass is 10.1. The van der Waals surface area contributed by atoms with Crippen molar-refractivity contribution in [1.29, 1.82) is 0 Å². The van der Waals surface area contributed by atoms with Crippen LogP contribution in [0.2, 0.25) is 0 Å². The predicted octanol–water partition coefficient (Wildman–Crippen LogP) is 2.98. The molecule has 0 spiro atoms. The largest absolute Gasteiger partial charge is 0.357 e. The number of nitrogens with zero attached hydrogens (tertiary/aromatic N) is 3. The summed E-state index contributed by atoms with van der Waals surface area (Å²) in [4.78, 5) is 11.6. The maximum Gasteiger partial charge on any atom is 0.191 e. The van der Waals surface area contributed by atoms with E-state index in [1.165, 1.54) is 44.5 Å². The van der Waals surface area contributed by atoms with E-state index in [-0.39, 0.29) is 24.0 Å². The molecule has 0 atom stereocenters. The third-order valence-corrected chi connectivity index (χ3v) is 4.46.